The maximum atomic E-state index is 12.6. The van der Waals surface area contributed by atoms with Crippen LogP contribution in [0.15, 0.2) is 12.1 Å². The van der Waals surface area contributed by atoms with Gasteiger partial charge in [-0.3, -0.25) is 10.1 Å². The number of rotatable bonds is 1. The highest BCUT2D eigenvalue weighted by molar-refractivity contribution is 6.35. The minimum absolute atomic E-state index is 0.361. The van der Waals surface area contributed by atoms with Crippen LogP contribution in [0, 0.1) is 15.9 Å². The highest BCUT2D eigenvalue weighted by Crippen LogP contribution is 2.31. The fourth-order valence-corrected chi connectivity index (χ4v) is 0.921. The van der Waals surface area contributed by atoms with Crippen LogP contribution in [0.5, 0.6) is 0 Å². The van der Waals surface area contributed by atoms with Gasteiger partial charge in [0.1, 0.15) is 10.8 Å². The molecule has 6 heteroatoms. The summed E-state index contributed by atoms with van der Waals surface area (Å²) in [5.74, 6) is -0.759. The van der Waals surface area contributed by atoms with Crippen molar-refractivity contribution in [1.29, 1.82) is 0 Å². The first-order chi connectivity index (χ1) is 5.54. The average molecular weight is 191 g/mol. The van der Waals surface area contributed by atoms with E-state index in [9.17, 15) is 14.5 Å². The molecular weight excluding hydrogens is 187 g/mol. The van der Waals surface area contributed by atoms with E-state index in [0.29, 0.717) is 0 Å². The molecule has 0 fully saturated rings. The second kappa shape index (κ2) is 2.94. The summed E-state index contributed by atoms with van der Waals surface area (Å²) in [5.41, 5.74) is 4.32. The third-order valence-electron chi connectivity index (χ3n) is 1.30. The van der Waals surface area contributed by atoms with Gasteiger partial charge in [-0.15, -0.1) is 0 Å². The van der Waals surface area contributed by atoms with Crippen LogP contribution >= 0.6 is 11.6 Å². The molecule has 0 unspecified atom stereocenters. The Balaban J connectivity index is 3.36. The van der Waals surface area contributed by atoms with Gasteiger partial charge in [0, 0.05) is 6.07 Å². The zero-order chi connectivity index (χ0) is 9.30. The van der Waals surface area contributed by atoms with Crippen LogP contribution in [0.2, 0.25) is 5.02 Å². The fourth-order valence-electron chi connectivity index (χ4n) is 0.699. The summed E-state index contributed by atoms with van der Waals surface area (Å²) in [5, 5.41) is 9.87. The molecule has 1 aromatic carbocycles. The van der Waals surface area contributed by atoms with E-state index in [1.165, 1.54) is 0 Å². The van der Waals surface area contributed by atoms with Crippen molar-refractivity contribution in [1.82, 2.24) is 0 Å². The van der Waals surface area contributed by atoms with Crippen LogP contribution in [0.25, 0.3) is 0 Å². The number of nitrogens with zero attached hydrogens (tertiary/aromatic N) is 1. The molecule has 0 aromatic heterocycles. The molecule has 0 aliphatic rings. The van der Waals surface area contributed by atoms with Crippen molar-refractivity contribution in [3.8, 4) is 0 Å². The van der Waals surface area contributed by atoms with E-state index in [4.69, 9.17) is 17.3 Å². The molecule has 0 radical (unpaired) electrons. The Morgan fingerprint density at radius 3 is 2.67 bits per heavy atom. The Hall–Kier alpha value is -1.36. The van der Waals surface area contributed by atoms with E-state index in [-0.39, 0.29) is 5.02 Å². The Kier molecular flexibility index (Phi) is 2.14. The van der Waals surface area contributed by atoms with Gasteiger partial charge < -0.3 is 5.73 Å². The molecule has 1 rings (SSSR count). The number of halogens is 2. The van der Waals surface area contributed by atoms with Crippen molar-refractivity contribution in [2.24, 2.45) is 0 Å². The lowest BCUT2D eigenvalue weighted by atomic mass is 10.3. The van der Waals surface area contributed by atoms with E-state index in [1.54, 1.807) is 0 Å². The molecule has 0 heterocycles. The number of nitro benzene ring substituents is 1. The van der Waals surface area contributed by atoms with Crippen LogP contribution < -0.4 is 5.73 Å². The first kappa shape index (κ1) is 8.73. The van der Waals surface area contributed by atoms with E-state index in [0.717, 1.165) is 12.1 Å². The number of benzene rings is 1. The number of hydrogen-bond donors (Lipinski definition) is 1. The Morgan fingerprint density at radius 1 is 1.58 bits per heavy atom. The van der Waals surface area contributed by atoms with Crippen molar-refractivity contribution in [2.45, 2.75) is 0 Å². The van der Waals surface area contributed by atoms with Gasteiger partial charge in [0.05, 0.1) is 10.6 Å². The molecule has 0 aliphatic carbocycles. The normalized spacial score (nSPS) is 9.83. The van der Waals surface area contributed by atoms with E-state index < -0.39 is 22.1 Å². The Bertz CT molecular complexity index is 343. The second-order valence-electron chi connectivity index (χ2n) is 2.05. The molecule has 0 amide bonds. The zero-order valence-electron chi connectivity index (χ0n) is 5.75. The van der Waals surface area contributed by atoms with Gasteiger partial charge in [0.2, 0.25) is 0 Å². The molecule has 0 saturated carbocycles. The third-order valence-corrected chi connectivity index (χ3v) is 1.70. The van der Waals surface area contributed by atoms with Gasteiger partial charge in [-0.1, -0.05) is 11.6 Å². The summed E-state index contributed by atoms with van der Waals surface area (Å²) >= 11 is 5.39. The SMILES string of the molecule is Nc1c(F)ccc([N+](=O)[O-])c1Cl. The van der Waals surface area contributed by atoms with Gasteiger partial charge >= 0.3 is 0 Å². The maximum Gasteiger partial charge on any atom is 0.290 e. The first-order valence-electron chi connectivity index (χ1n) is 2.92. The second-order valence-corrected chi connectivity index (χ2v) is 2.43. The van der Waals surface area contributed by atoms with Gasteiger partial charge in [0.15, 0.2) is 0 Å². The molecule has 12 heavy (non-hydrogen) atoms. The van der Waals surface area contributed by atoms with Crippen LogP contribution in [0.4, 0.5) is 15.8 Å². The fraction of sp³-hybridized carbons (Fsp3) is 0. The van der Waals surface area contributed by atoms with Gasteiger partial charge in [0.25, 0.3) is 5.69 Å². The maximum absolute atomic E-state index is 12.6. The molecule has 0 spiro atoms. The summed E-state index contributed by atoms with van der Waals surface area (Å²) in [6.45, 7) is 0. The molecule has 0 bridgehead atoms. The number of nitrogens with two attached hydrogens (primary N) is 1. The van der Waals surface area contributed by atoms with E-state index >= 15 is 0 Å². The molecule has 0 atom stereocenters. The van der Waals surface area contributed by atoms with Gasteiger partial charge in [-0.25, -0.2) is 4.39 Å². The Morgan fingerprint density at radius 2 is 2.17 bits per heavy atom. The summed E-state index contributed by atoms with van der Waals surface area (Å²) in [7, 11) is 0. The summed E-state index contributed by atoms with van der Waals surface area (Å²) in [6, 6.07) is 1.87. The zero-order valence-corrected chi connectivity index (χ0v) is 6.51. The van der Waals surface area contributed by atoms with E-state index in [1.807, 2.05) is 0 Å². The minimum atomic E-state index is -0.759. The van der Waals surface area contributed by atoms with Gasteiger partial charge in [-0.05, 0) is 6.07 Å². The smallest absolute Gasteiger partial charge is 0.290 e. The standard InChI is InChI=1S/C6H4ClFN2O2/c7-5-4(10(11)12)2-1-3(8)6(5)9/h1-2H,9H2. The highest BCUT2D eigenvalue weighted by Gasteiger charge is 2.16. The van der Waals surface area contributed by atoms with Crippen LogP contribution in [-0.2, 0) is 0 Å². The van der Waals surface area contributed by atoms with Crippen molar-refractivity contribution in [2.75, 3.05) is 5.73 Å². The van der Waals surface area contributed by atoms with Gasteiger partial charge in [-0.2, -0.15) is 0 Å². The number of anilines is 1. The topological polar surface area (TPSA) is 69.2 Å². The lowest BCUT2D eigenvalue weighted by Crippen LogP contribution is -1.96. The van der Waals surface area contributed by atoms with Crippen molar-refractivity contribution in [3.05, 3.63) is 33.1 Å². The predicted octanol–water partition coefficient (Wildman–Crippen LogP) is 1.97. The quantitative estimate of drug-likeness (QED) is 0.418. The highest BCUT2D eigenvalue weighted by atomic mass is 35.5. The summed E-state index contributed by atoms with van der Waals surface area (Å²) in [4.78, 5) is 9.50. The number of nitro groups is 1. The molecule has 0 saturated heterocycles. The monoisotopic (exact) mass is 190 g/mol. The predicted molar refractivity (Wildman–Crippen MR) is 42.5 cm³/mol. The largest absolute Gasteiger partial charge is 0.395 e. The van der Waals surface area contributed by atoms with Crippen molar-refractivity contribution >= 4 is 23.0 Å². The van der Waals surface area contributed by atoms with Crippen molar-refractivity contribution < 1.29 is 9.31 Å². The molecule has 1 aromatic rings. The van der Waals surface area contributed by atoms with Crippen LogP contribution in [0.1, 0.15) is 0 Å². The number of nitrogen functional groups attached to an aromatic ring is 1. The van der Waals surface area contributed by atoms with Crippen molar-refractivity contribution in [3.63, 3.8) is 0 Å². The first-order valence-corrected chi connectivity index (χ1v) is 3.29. The lowest BCUT2D eigenvalue weighted by molar-refractivity contribution is -0.384. The lowest BCUT2D eigenvalue weighted by Gasteiger charge is -1.99. The summed E-state index contributed by atoms with van der Waals surface area (Å²) < 4.78 is 12.6. The Labute approximate surface area is 71.9 Å². The molecule has 0 aliphatic heterocycles. The number of hydrogen-bond acceptors (Lipinski definition) is 3. The minimum Gasteiger partial charge on any atom is -0.395 e. The third kappa shape index (κ3) is 1.31. The molecule has 64 valence electrons. The molecule has 2 N–H and O–H groups in total. The van der Waals surface area contributed by atoms with E-state index in [2.05, 4.69) is 0 Å². The average Bonchev–Trinajstić information content (AvgIpc) is 2.00. The van der Waals surface area contributed by atoms with Crippen LogP contribution in [0.3, 0.4) is 0 Å². The van der Waals surface area contributed by atoms with Crippen LogP contribution in [-0.4, -0.2) is 4.92 Å². The molecule has 4 nitrogen and oxygen atoms in total. The molecular formula is C6H4ClFN2O2. The summed E-state index contributed by atoms with van der Waals surface area (Å²) in [6.07, 6.45) is 0.